The van der Waals surface area contributed by atoms with Gasteiger partial charge in [0.1, 0.15) is 6.04 Å². The van der Waals surface area contributed by atoms with Gasteiger partial charge in [0.15, 0.2) is 0 Å². The molecule has 0 spiro atoms. The lowest BCUT2D eigenvalue weighted by molar-refractivity contribution is -0.142. The summed E-state index contributed by atoms with van der Waals surface area (Å²) < 4.78 is 6.61. The smallest absolute Gasteiger partial charge is 0.327 e. The lowest BCUT2D eigenvalue weighted by Crippen LogP contribution is -2.23. The molecule has 2 aromatic rings. The molecule has 2 N–H and O–H groups in total. The number of hydrogen-bond acceptors (Lipinski definition) is 3. The molecule has 0 amide bonds. The molecule has 0 aliphatic heterocycles. The van der Waals surface area contributed by atoms with Crippen LogP contribution in [0.3, 0.4) is 0 Å². The van der Waals surface area contributed by atoms with Crippen molar-refractivity contribution in [1.29, 1.82) is 0 Å². The lowest BCUT2D eigenvalue weighted by Gasteiger charge is -2.12. The van der Waals surface area contributed by atoms with Gasteiger partial charge in [0.2, 0.25) is 0 Å². The second-order valence-corrected chi connectivity index (χ2v) is 3.71. The number of para-hydroxylation sites is 1. The molecule has 0 bridgehead atoms. The van der Waals surface area contributed by atoms with Gasteiger partial charge in [-0.1, -0.05) is 18.2 Å². The minimum absolute atomic E-state index is 0.422. The molecule has 0 radical (unpaired) electrons. The van der Waals surface area contributed by atoms with Crippen LogP contribution in [0.15, 0.2) is 30.5 Å². The molecule has 1 atom stereocenters. The van der Waals surface area contributed by atoms with E-state index in [2.05, 4.69) is 4.74 Å². The van der Waals surface area contributed by atoms with Crippen molar-refractivity contribution in [3.05, 3.63) is 36.0 Å². The van der Waals surface area contributed by atoms with E-state index in [4.69, 9.17) is 5.73 Å². The van der Waals surface area contributed by atoms with Crippen molar-refractivity contribution in [2.24, 2.45) is 12.8 Å². The molecule has 1 aromatic heterocycles. The highest BCUT2D eigenvalue weighted by atomic mass is 16.5. The van der Waals surface area contributed by atoms with Crippen molar-refractivity contribution in [2.75, 3.05) is 7.11 Å². The molecule has 1 aromatic carbocycles. The Bertz CT molecular complexity index is 531. The molecule has 16 heavy (non-hydrogen) atoms. The average molecular weight is 218 g/mol. The summed E-state index contributed by atoms with van der Waals surface area (Å²) in [4.78, 5) is 11.4. The van der Waals surface area contributed by atoms with Crippen molar-refractivity contribution in [1.82, 2.24) is 4.57 Å². The van der Waals surface area contributed by atoms with Crippen LogP contribution in [0.5, 0.6) is 0 Å². The Kier molecular flexibility index (Phi) is 2.66. The fourth-order valence-electron chi connectivity index (χ4n) is 1.89. The summed E-state index contributed by atoms with van der Waals surface area (Å²) in [6.45, 7) is 0. The molecule has 1 unspecified atom stereocenters. The van der Waals surface area contributed by atoms with E-state index >= 15 is 0 Å². The Hall–Kier alpha value is -1.81. The monoisotopic (exact) mass is 218 g/mol. The van der Waals surface area contributed by atoms with Gasteiger partial charge in [-0.25, -0.2) is 0 Å². The topological polar surface area (TPSA) is 57.2 Å². The minimum Gasteiger partial charge on any atom is -0.468 e. The third-order valence-corrected chi connectivity index (χ3v) is 2.72. The highest BCUT2D eigenvalue weighted by molar-refractivity contribution is 5.89. The molecule has 0 fully saturated rings. The summed E-state index contributed by atoms with van der Waals surface area (Å²) in [5.74, 6) is -0.422. The van der Waals surface area contributed by atoms with Crippen LogP contribution in [0.1, 0.15) is 11.6 Å². The molecule has 4 heteroatoms. The van der Waals surface area contributed by atoms with E-state index in [1.807, 2.05) is 42.1 Å². The fraction of sp³-hybridized carbons (Fsp3) is 0.250. The number of carbonyl (C=O) groups is 1. The third-order valence-electron chi connectivity index (χ3n) is 2.72. The van der Waals surface area contributed by atoms with E-state index in [0.29, 0.717) is 0 Å². The number of benzene rings is 1. The van der Waals surface area contributed by atoms with E-state index in [1.54, 1.807) is 0 Å². The summed E-state index contributed by atoms with van der Waals surface area (Å²) in [6.07, 6.45) is 1.94. The molecule has 4 nitrogen and oxygen atoms in total. The standard InChI is InChI=1S/C12H14N2O2/c1-14-7-6-8-4-3-5-9(11(8)14)10(13)12(15)16-2/h3-7,10H,13H2,1-2H3. The number of ether oxygens (including phenoxy) is 1. The first kappa shape index (κ1) is 10.7. The first-order valence-electron chi connectivity index (χ1n) is 5.02. The van der Waals surface area contributed by atoms with E-state index in [1.165, 1.54) is 7.11 Å². The molecule has 0 aliphatic carbocycles. The van der Waals surface area contributed by atoms with Crippen LogP contribution in [-0.4, -0.2) is 17.6 Å². The van der Waals surface area contributed by atoms with Gasteiger partial charge in [-0.2, -0.15) is 0 Å². The number of aromatic nitrogens is 1. The van der Waals surface area contributed by atoms with Crippen LogP contribution in [0.25, 0.3) is 10.9 Å². The zero-order valence-corrected chi connectivity index (χ0v) is 9.31. The zero-order chi connectivity index (χ0) is 11.7. The quantitative estimate of drug-likeness (QED) is 0.774. The molecule has 2 rings (SSSR count). The van der Waals surface area contributed by atoms with E-state index < -0.39 is 12.0 Å². The van der Waals surface area contributed by atoms with Crippen LogP contribution in [0.2, 0.25) is 0 Å². The number of hydrogen-bond donors (Lipinski definition) is 1. The van der Waals surface area contributed by atoms with Gasteiger partial charge in [0.05, 0.1) is 12.6 Å². The number of nitrogens with zero attached hydrogens (tertiary/aromatic N) is 1. The first-order chi connectivity index (χ1) is 7.65. The molecular formula is C12H14N2O2. The van der Waals surface area contributed by atoms with Crippen LogP contribution in [-0.2, 0) is 16.6 Å². The number of carbonyl (C=O) groups excluding carboxylic acids is 1. The molecule has 0 saturated heterocycles. The Morgan fingerprint density at radius 2 is 2.19 bits per heavy atom. The predicted octanol–water partition coefficient (Wildman–Crippen LogP) is 1.35. The van der Waals surface area contributed by atoms with Gasteiger partial charge < -0.3 is 15.0 Å². The average Bonchev–Trinajstić information content (AvgIpc) is 2.69. The highest BCUT2D eigenvalue weighted by Gasteiger charge is 2.19. The summed E-state index contributed by atoms with van der Waals surface area (Å²) in [7, 11) is 3.27. The zero-order valence-electron chi connectivity index (χ0n) is 9.31. The molecule has 84 valence electrons. The maximum absolute atomic E-state index is 11.4. The summed E-state index contributed by atoms with van der Waals surface area (Å²) in [5, 5.41) is 1.07. The Morgan fingerprint density at radius 1 is 1.44 bits per heavy atom. The maximum atomic E-state index is 11.4. The Labute approximate surface area is 93.6 Å². The van der Waals surface area contributed by atoms with Gasteiger partial charge in [-0.05, 0) is 11.5 Å². The van der Waals surface area contributed by atoms with Gasteiger partial charge in [0.25, 0.3) is 0 Å². The summed E-state index contributed by atoms with van der Waals surface area (Å²) in [5.41, 5.74) is 7.62. The highest BCUT2D eigenvalue weighted by Crippen LogP contribution is 2.24. The van der Waals surface area contributed by atoms with Crippen molar-refractivity contribution in [3.63, 3.8) is 0 Å². The number of esters is 1. The summed E-state index contributed by atoms with van der Waals surface area (Å²) in [6, 6.07) is 6.98. The minimum atomic E-state index is -0.734. The van der Waals surface area contributed by atoms with Crippen LogP contribution in [0.4, 0.5) is 0 Å². The van der Waals surface area contributed by atoms with Crippen molar-refractivity contribution < 1.29 is 9.53 Å². The molecule has 0 saturated carbocycles. The third kappa shape index (κ3) is 1.57. The largest absolute Gasteiger partial charge is 0.468 e. The first-order valence-corrected chi connectivity index (χ1v) is 5.02. The molecule has 0 aliphatic rings. The number of aryl methyl sites for hydroxylation is 1. The van der Waals surface area contributed by atoms with Crippen molar-refractivity contribution in [3.8, 4) is 0 Å². The second-order valence-electron chi connectivity index (χ2n) is 3.71. The molecular weight excluding hydrogens is 204 g/mol. The van der Waals surface area contributed by atoms with E-state index in [9.17, 15) is 4.79 Å². The second kappa shape index (κ2) is 3.98. The predicted molar refractivity (Wildman–Crippen MR) is 61.9 cm³/mol. The fourth-order valence-corrected chi connectivity index (χ4v) is 1.89. The number of methoxy groups -OCH3 is 1. The molecule has 1 heterocycles. The van der Waals surface area contributed by atoms with Crippen molar-refractivity contribution >= 4 is 16.9 Å². The lowest BCUT2D eigenvalue weighted by atomic mass is 10.0. The SMILES string of the molecule is COC(=O)C(N)c1cccc2ccn(C)c12. The number of nitrogens with two attached hydrogens (primary N) is 1. The van der Waals surface area contributed by atoms with Crippen molar-refractivity contribution in [2.45, 2.75) is 6.04 Å². The Balaban J connectivity index is 2.59. The van der Waals surface area contributed by atoms with Crippen LogP contribution < -0.4 is 5.73 Å². The number of rotatable bonds is 2. The number of fused-ring (bicyclic) bond motifs is 1. The van der Waals surface area contributed by atoms with Crippen LogP contribution >= 0.6 is 0 Å². The van der Waals surface area contributed by atoms with E-state index in [0.717, 1.165) is 16.5 Å². The Morgan fingerprint density at radius 3 is 2.88 bits per heavy atom. The van der Waals surface area contributed by atoms with Crippen LogP contribution in [0, 0.1) is 0 Å². The van der Waals surface area contributed by atoms with E-state index in [-0.39, 0.29) is 0 Å². The van der Waals surface area contributed by atoms with Gasteiger partial charge in [-0.15, -0.1) is 0 Å². The van der Waals surface area contributed by atoms with Gasteiger partial charge in [-0.3, -0.25) is 4.79 Å². The normalized spacial score (nSPS) is 12.7. The maximum Gasteiger partial charge on any atom is 0.327 e. The summed E-state index contributed by atoms with van der Waals surface area (Å²) >= 11 is 0. The van der Waals surface area contributed by atoms with Gasteiger partial charge >= 0.3 is 5.97 Å². The van der Waals surface area contributed by atoms with Gasteiger partial charge in [0, 0.05) is 18.8 Å².